The number of hydrogen-bond donors (Lipinski definition) is 3. The number of nitrogens with one attached hydrogen (secondary N) is 1. The van der Waals surface area contributed by atoms with E-state index < -0.39 is 12.1 Å². The van der Waals surface area contributed by atoms with Gasteiger partial charge in [-0.2, -0.15) is 0 Å². The van der Waals surface area contributed by atoms with Gasteiger partial charge in [-0.25, -0.2) is 4.79 Å². The Morgan fingerprint density at radius 3 is 2.58 bits per heavy atom. The quantitative estimate of drug-likeness (QED) is 0.693. The zero-order chi connectivity index (χ0) is 14.4. The van der Waals surface area contributed by atoms with Crippen molar-refractivity contribution in [3.8, 4) is 0 Å². The number of carbonyl (C=O) groups excluding carboxylic acids is 1. The molecule has 2 amide bonds. The van der Waals surface area contributed by atoms with E-state index in [-0.39, 0.29) is 24.4 Å². The third-order valence-electron chi connectivity index (χ3n) is 3.63. The summed E-state index contributed by atoms with van der Waals surface area (Å²) in [5, 5.41) is 21.1. The maximum Gasteiger partial charge on any atom is 0.317 e. The summed E-state index contributed by atoms with van der Waals surface area (Å²) in [5.41, 5.74) is 0. The van der Waals surface area contributed by atoms with Gasteiger partial charge in [0.15, 0.2) is 0 Å². The minimum absolute atomic E-state index is 0.00940. The van der Waals surface area contributed by atoms with Gasteiger partial charge in [-0.15, -0.1) is 0 Å². The first-order valence-corrected chi connectivity index (χ1v) is 6.81. The monoisotopic (exact) mass is 272 g/mol. The largest absolute Gasteiger partial charge is 0.481 e. The van der Waals surface area contributed by atoms with Crippen molar-refractivity contribution in [2.24, 2.45) is 11.8 Å². The fourth-order valence-corrected chi connectivity index (χ4v) is 2.61. The van der Waals surface area contributed by atoms with Gasteiger partial charge in [0.25, 0.3) is 0 Å². The number of carbonyl (C=O) groups is 2. The van der Waals surface area contributed by atoms with Crippen LogP contribution in [0, 0.1) is 11.8 Å². The van der Waals surface area contributed by atoms with Crippen LogP contribution in [0.4, 0.5) is 4.79 Å². The van der Waals surface area contributed by atoms with Crippen molar-refractivity contribution in [1.29, 1.82) is 0 Å². The molecule has 0 aromatic rings. The number of carboxylic acids is 1. The van der Waals surface area contributed by atoms with Crippen molar-refractivity contribution >= 4 is 12.0 Å². The molecule has 0 bridgehead atoms. The molecule has 1 saturated carbocycles. The van der Waals surface area contributed by atoms with Gasteiger partial charge >= 0.3 is 12.0 Å². The van der Waals surface area contributed by atoms with Crippen LogP contribution in [-0.2, 0) is 4.79 Å². The summed E-state index contributed by atoms with van der Waals surface area (Å²) in [7, 11) is 1.61. The van der Waals surface area contributed by atoms with Gasteiger partial charge in [0.1, 0.15) is 0 Å². The predicted molar refractivity (Wildman–Crippen MR) is 70.8 cm³/mol. The third kappa shape index (κ3) is 5.06. The van der Waals surface area contributed by atoms with E-state index in [0.29, 0.717) is 13.0 Å². The molecule has 0 saturated heterocycles. The van der Waals surface area contributed by atoms with Gasteiger partial charge in [-0.1, -0.05) is 12.8 Å². The van der Waals surface area contributed by atoms with Crippen molar-refractivity contribution < 1.29 is 19.8 Å². The number of aliphatic hydroxyl groups is 1. The van der Waals surface area contributed by atoms with Crippen LogP contribution < -0.4 is 5.32 Å². The van der Waals surface area contributed by atoms with Crippen molar-refractivity contribution in [1.82, 2.24) is 10.2 Å². The summed E-state index contributed by atoms with van der Waals surface area (Å²) >= 11 is 0. The number of likely N-dealkylation sites (N-methyl/N-ethyl adjacent to an activating group) is 1. The maximum absolute atomic E-state index is 11.8. The highest BCUT2D eigenvalue weighted by atomic mass is 16.4. The number of nitrogens with zero attached hydrogens (tertiary/aromatic N) is 1. The Kier molecular flexibility index (Phi) is 6.08. The van der Waals surface area contributed by atoms with E-state index in [0.717, 1.165) is 19.3 Å². The van der Waals surface area contributed by atoms with Crippen LogP contribution in [-0.4, -0.2) is 53.4 Å². The van der Waals surface area contributed by atoms with Crippen LogP contribution in [0.2, 0.25) is 0 Å². The van der Waals surface area contributed by atoms with Gasteiger partial charge < -0.3 is 20.4 Å². The Morgan fingerprint density at radius 1 is 1.37 bits per heavy atom. The van der Waals surface area contributed by atoms with Crippen molar-refractivity contribution in [2.45, 2.75) is 38.7 Å². The van der Waals surface area contributed by atoms with Crippen LogP contribution in [0.1, 0.15) is 32.6 Å². The molecule has 0 aromatic carbocycles. The van der Waals surface area contributed by atoms with E-state index in [1.54, 1.807) is 14.0 Å². The van der Waals surface area contributed by atoms with Gasteiger partial charge in [0, 0.05) is 20.1 Å². The zero-order valence-electron chi connectivity index (χ0n) is 11.6. The summed E-state index contributed by atoms with van der Waals surface area (Å²) in [6.45, 7) is 2.27. The van der Waals surface area contributed by atoms with Gasteiger partial charge in [0.2, 0.25) is 0 Å². The second kappa shape index (κ2) is 7.33. The number of aliphatic hydroxyl groups excluding tert-OH is 1. The first kappa shape index (κ1) is 15.8. The van der Waals surface area contributed by atoms with Crippen LogP contribution >= 0.6 is 0 Å². The second-order valence-corrected chi connectivity index (χ2v) is 5.40. The van der Waals surface area contributed by atoms with Crippen LogP contribution in [0.15, 0.2) is 0 Å². The van der Waals surface area contributed by atoms with E-state index >= 15 is 0 Å². The Morgan fingerprint density at radius 2 is 2.00 bits per heavy atom. The minimum atomic E-state index is -0.767. The van der Waals surface area contributed by atoms with Crippen LogP contribution in [0.5, 0.6) is 0 Å². The van der Waals surface area contributed by atoms with Crippen molar-refractivity contribution in [3.63, 3.8) is 0 Å². The van der Waals surface area contributed by atoms with Crippen LogP contribution in [0.3, 0.4) is 0 Å². The maximum atomic E-state index is 11.8. The molecule has 0 aliphatic heterocycles. The number of amides is 2. The Bertz CT molecular complexity index is 320. The van der Waals surface area contributed by atoms with E-state index in [4.69, 9.17) is 5.11 Å². The van der Waals surface area contributed by atoms with E-state index in [1.165, 1.54) is 4.90 Å². The number of rotatable bonds is 5. The highest BCUT2D eigenvalue weighted by Crippen LogP contribution is 2.29. The molecule has 3 unspecified atom stereocenters. The number of aliphatic carboxylic acids is 1. The van der Waals surface area contributed by atoms with Crippen molar-refractivity contribution in [2.75, 3.05) is 20.1 Å². The van der Waals surface area contributed by atoms with E-state index in [2.05, 4.69) is 5.32 Å². The molecular weight excluding hydrogens is 248 g/mol. The highest BCUT2D eigenvalue weighted by Gasteiger charge is 2.31. The molecule has 1 aliphatic carbocycles. The predicted octanol–water partition coefficient (Wildman–Crippen LogP) is 0.900. The molecule has 3 atom stereocenters. The van der Waals surface area contributed by atoms with Gasteiger partial charge in [-0.3, -0.25) is 4.79 Å². The smallest absolute Gasteiger partial charge is 0.317 e. The topological polar surface area (TPSA) is 89.9 Å². The van der Waals surface area contributed by atoms with Gasteiger partial charge in [0.05, 0.1) is 12.0 Å². The third-order valence-corrected chi connectivity index (χ3v) is 3.63. The van der Waals surface area contributed by atoms with E-state index in [9.17, 15) is 14.7 Å². The minimum Gasteiger partial charge on any atom is -0.481 e. The Balaban J connectivity index is 2.41. The fraction of sp³-hybridized carbons (Fsp3) is 0.846. The molecule has 0 radical (unpaired) electrons. The Hall–Kier alpha value is -1.30. The molecule has 0 heterocycles. The van der Waals surface area contributed by atoms with Crippen LogP contribution in [0.25, 0.3) is 0 Å². The summed E-state index contributed by atoms with van der Waals surface area (Å²) in [6.07, 6.45) is 2.94. The van der Waals surface area contributed by atoms with Crippen molar-refractivity contribution in [3.05, 3.63) is 0 Å². The number of carboxylic acid groups (broad SMARTS) is 1. The second-order valence-electron chi connectivity index (χ2n) is 5.40. The molecule has 1 fully saturated rings. The summed E-state index contributed by atoms with van der Waals surface area (Å²) < 4.78 is 0. The molecule has 0 spiro atoms. The SMILES string of the molecule is CC(O)CN(C)C(=O)NCC1CCCCC1C(=O)O. The lowest BCUT2D eigenvalue weighted by Gasteiger charge is -2.29. The molecular formula is C13H24N2O4. The summed E-state index contributed by atoms with van der Waals surface area (Å²) in [4.78, 5) is 24.3. The molecule has 6 heteroatoms. The summed E-state index contributed by atoms with van der Waals surface area (Å²) in [5.74, 6) is -1.11. The lowest BCUT2D eigenvalue weighted by Crippen LogP contribution is -2.44. The fourth-order valence-electron chi connectivity index (χ4n) is 2.61. The molecule has 3 N–H and O–H groups in total. The molecule has 110 valence electrons. The lowest BCUT2D eigenvalue weighted by atomic mass is 9.79. The number of hydrogen-bond acceptors (Lipinski definition) is 3. The Labute approximate surface area is 113 Å². The molecule has 0 aromatic heterocycles. The molecule has 1 rings (SSSR count). The number of urea groups is 1. The standard InChI is InChI=1S/C13H24N2O4/c1-9(16)8-15(2)13(19)14-7-10-5-3-4-6-11(10)12(17)18/h9-11,16H,3-8H2,1-2H3,(H,14,19)(H,17,18). The lowest BCUT2D eigenvalue weighted by molar-refractivity contribution is -0.144. The molecule has 6 nitrogen and oxygen atoms in total. The average Bonchev–Trinajstić information content (AvgIpc) is 2.35. The average molecular weight is 272 g/mol. The molecule has 1 aliphatic rings. The first-order chi connectivity index (χ1) is 8.91. The highest BCUT2D eigenvalue weighted by molar-refractivity contribution is 5.74. The van der Waals surface area contributed by atoms with Gasteiger partial charge in [-0.05, 0) is 25.7 Å². The zero-order valence-corrected chi connectivity index (χ0v) is 11.6. The molecule has 19 heavy (non-hydrogen) atoms. The first-order valence-electron chi connectivity index (χ1n) is 6.81. The van der Waals surface area contributed by atoms with E-state index in [1.807, 2.05) is 0 Å². The normalized spacial score (nSPS) is 24.6. The summed E-state index contributed by atoms with van der Waals surface area (Å²) in [6, 6.07) is -0.268.